The lowest BCUT2D eigenvalue weighted by molar-refractivity contribution is -0.385. The number of nitro groups is 1. The monoisotopic (exact) mass is 400 g/mol. The van der Waals surface area contributed by atoms with Gasteiger partial charge in [0, 0.05) is 31.2 Å². The Morgan fingerprint density at radius 3 is 2.48 bits per heavy atom. The number of nitro benzene ring substituents is 1. The minimum Gasteiger partial charge on any atom is -0.481 e. The van der Waals surface area contributed by atoms with Crippen LogP contribution in [0.1, 0.15) is 12.8 Å². The number of rotatable bonds is 8. The lowest BCUT2D eigenvalue weighted by Gasteiger charge is -2.24. The van der Waals surface area contributed by atoms with Crippen LogP contribution in [0.5, 0.6) is 0 Å². The number of benzene rings is 2. The second-order valence-corrected chi connectivity index (χ2v) is 7.29. The predicted molar refractivity (Wildman–Crippen MR) is 90.9 cm³/mol. The van der Waals surface area contributed by atoms with Gasteiger partial charge in [0.1, 0.15) is 11.6 Å². The number of nitrogens with zero attached hydrogens (tertiary/aromatic N) is 2. The van der Waals surface area contributed by atoms with Gasteiger partial charge in [0.2, 0.25) is 0 Å². The van der Waals surface area contributed by atoms with Crippen LogP contribution >= 0.6 is 0 Å². The number of carboxylic acids is 1. The molecule has 0 fully saturated rings. The highest BCUT2D eigenvalue weighted by molar-refractivity contribution is 7.92. The Labute approximate surface area is 152 Å². The Kier molecular flexibility index (Phi) is 6.05. The van der Waals surface area contributed by atoms with Crippen LogP contribution in [0.4, 0.5) is 20.2 Å². The summed E-state index contributed by atoms with van der Waals surface area (Å²) < 4.78 is 53.7. The lowest BCUT2D eigenvalue weighted by atomic mass is 10.2. The molecule has 0 unspecified atom stereocenters. The van der Waals surface area contributed by atoms with Crippen LogP contribution in [-0.4, -0.2) is 31.0 Å². The molecule has 2 aromatic carbocycles. The first-order valence-corrected chi connectivity index (χ1v) is 9.01. The van der Waals surface area contributed by atoms with Crippen molar-refractivity contribution in [2.24, 2.45) is 0 Å². The molecule has 2 rings (SSSR count). The maximum atomic E-state index is 14.2. The fraction of sp³-hybridized carbons (Fsp3) is 0.188. The van der Waals surface area contributed by atoms with E-state index in [4.69, 9.17) is 5.11 Å². The molecule has 0 aliphatic heterocycles. The van der Waals surface area contributed by atoms with Crippen LogP contribution < -0.4 is 4.31 Å². The largest absolute Gasteiger partial charge is 0.481 e. The lowest BCUT2D eigenvalue weighted by Crippen LogP contribution is -2.33. The summed E-state index contributed by atoms with van der Waals surface area (Å²) in [6.07, 6.45) is -0.538. The number of halogens is 2. The van der Waals surface area contributed by atoms with Crippen LogP contribution in [0.3, 0.4) is 0 Å². The van der Waals surface area contributed by atoms with E-state index in [0.717, 1.165) is 36.4 Å². The fourth-order valence-corrected chi connectivity index (χ4v) is 3.86. The molecule has 0 spiro atoms. The Morgan fingerprint density at radius 1 is 1.19 bits per heavy atom. The second kappa shape index (κ2) is 8.08. The normalized spacial score (nSPS) is 11.2. The molecule has 1 N–H and O–H groups in total. The molecule has 8 nitrogen and oxygen atoms in total. The number of anilines is 1. The first kappa shape index (κ1) is 20.2. The van der Waals surface area contributed by atoms with E-state index in [9.17, 15) is 32.1 Å². The van der Waals surface area contributed by atoms with Crippen molar-refractivity contribution < 1.29 is 32.0 Å². The summed E-state index contributed by atoms with van der Waals surface area (Å²) in [6, 6.07) is 6.39. The van der Waals surface area contributed by atoms with Gasteiger partial charge in [0.25, 0.3) is 15.7 Å². The van der Waals surface area contributed by atoms with E-state index in [1.165, 1.54) is 0 Å². The maximum absolute atomic E-state index is 14.2. The molecule has 0 bridgehead atoms. The predicted octanol–water partition coefficient (Wildman–Crippen LogP) is 2.93. The highest BCUT2D eigenvalue weighted by Crippen LogP contribution is 2.29. The molecule has 2 aromatic rings. The second-order valence-electron chi connectivity index (χ2n) is 5.42. The van der Waals surface area contributed by atoms with Crippen LogP contribution in [0, 0.1) is 21.7 Å². The topological polar surface area (TPSA) is 118 Å². The van der Waals surface area contributed by atoms with Crippen LogP contribution in [0.2, 0.25) is 0 Å². The summed E-state index contributed by atoms with van der Waals surface area (Å²) in [5.74, 6) is -3.27. The van der Waals surface area contributed by atoms with E-state index in [-0.39, 0.29) is 12.8 Å². The maximum Gasteiger partial charge on any atom is 0.303 e. The van der Waals surface area contributed by atoms with Crippen molar-refractivity contribution >= 4 is 27.4 Å². The van der Waals surface area contributed by atoms with Gasteiger partial charge < -0.3 is 5.11 Å². The zero-order valence-corrected chi connectivity index (χ0v) is 14.5. The minimum absolute atomic E-state index is 0.152. The van der Waals surface area contributed by atoms with Gasteiger partial charge in [-0.1, -0.05) is 6.07 Å². The molecule has 11 heteroatoms. The Bertz CT molecular complexity index is 981. The number of hydrogen-bond donors (Lipinski definition) is 1. The van der Waals surface area contributed by atoms with Crippen LogP contribution in [-0.2, 0) is 14.8 Å². The zero-order chi connectivity index (χ0) is 20.2. The molecular formula is C16H14F2N2O6S. The van der Waals surface area contributed by atoms with Gasteiger partial charge in [-0.3, -0.25) is 19.2 Å². The molecule has 0 heterocycles. The smallest absolute Gasteiger partial charge is 0.303 e. The fourth-order valence-electron chi connectivity index (χ4n) is 2.31. The molecule has 0 atom stereocenters. The van der Waals surface area contributed by atoms with Gasteiger partial charge in [0.05, 0.1) is 15.5 Å². The van der Waals surface area contributed by atoms with Crippen molar-refractivity contribution in [2.75, 3.05) is 10.8 Å². The number of hydrogen-bond acceptors (Lipinski definition) is 5. The standard InChI is InChI=1S/C16H14F2N2O6S/c17-11-6-7-15(14(18)9-11)19(8-2-5-16(21)22)27(25,26)13-4-1-3-12(10-13)20(23)24/h1,3-4,6-7,9-10H,2,5,8H2,(H,21,22). The van der Waals surface area contributed by atoms with Gasteiger partial charge in [-0.2, -0.15) is 0 Å². The molecular weight excluding hydrogens is 386 g/mol. The Hall–Kier alpha value is -3.08. The third-order valence-corrected chi connectivity index (χ3v) is 5.36. The summed E-state index contributed by atoms with van der Waals surface area (Å²) >= 11 is 0. The Morgan fingerprint density at radius 2 is 1.89 bits per heavy atom. The molecule has 0 amide bonds. The third-order valence-electron chi connectivity index (χ3n) is 3.55. The highest BCUT2D eigenvalue weighted by atomic mass is 32.2. The number of sulfonamides is 1. The van der Waals surface area contributed by atoms with E-state index in [1.54, 1.807) is 0 Å². The summed E-state index contributed by atoms with van der Waals surface area (Å²) in [4.78, 5) is 20.3. The average Bonchev–Trinajstić information content (AvgIpc) is 2.59. The zero-order valence-electron chi connectivity index (χ0n) is 13.7. The summed E-state index contributed by atoms with van der Waals surface area (Å²) in [7, 11) is -4.47. The van der Waals surface area contributed by atoms with Gasteiger partial charge in [-0.15, -0.1) is 0 Å². The average molecular weight is 400 g/mol. The van der Waals surface area contributed by atoms with Gasteiger partial charge in [-0.25, -0.2) is 17.2 Å². The van der Waals surface area contributed by atoms with Crippen molar-refractivity contribution in [3.8, 4) is 0 Å². The molecule has 0 radical (unpaired) electrons. The molecule has 0 aliphatic carbocycles. The Balaban J connectivity index is 2.52. The van der Waals surface area contributed by atoms with Gasteiger partial charge in [0.15, 0.2) is 0 Å². The van der Waals surface area contributed by atoms with Crippen LogP contribution in [0.25, 0.3) is 0 Å². The number of carboxylic acid groups (broad SMARTS) is 1. The highest BCUT2D eigenvalue weighted by Gasteiger charge is 2.28. The first-order valence-electron chi connectivity index (χ1n) is 7.57. The van der Waals surface area contributed by atoms with Gasteiger partial charge in [-0.05, 0) is 24.6 Å². The van der Waals surface area contributed by atoms with Crippen molar-refractivity contribution in [3.63, 3.8) is 0 Å². The summed E-state index contributed by atoms with van der Waals surface area (Å²) in [5, 5.41) is 19.6. The number of aliphatic carboxylic acids is 1. The van der Waals surface area contributed by atoms with Crippen molar-refractivity contribution in [3.05, 3.63) is 64.2 Å². The van der Waals surface area contributed by atoms with E-state index in [0.29, 0.717) is 10.4 Å². The molecule has 0 saturated heterocycles. The summed E-state index contributed by atoms with van der Waals surface area (Å²) in [5.41, 5.74) is -0.977. The SMILES string of the molecule is O=C(O)CCCN(c1ccc(F)cc1F)S(=O)(=O)c1cccc([N+](=O)[O-])c1. The van der Waals surface area contributed by atoms with Crippen molar-refractivity contribution in [1.82, 2.24) is 0 Å². The first-order chi connectivity index (χ1) is 12.6. The molecule has 0 aliphatic rings. The van der Waals surface area contributed by atoms with E-state index < -0.39 is 55.4 Å². The minimum atomic E-state index is -4.47. The summed E-state index contributed by atoms with van der Waals surface area (Å²) in [6.45, 7) is -0.417. The molecule has 144 valence electrons. The van der Waals surface area contributed by atoms with Crippen molar-refractivity contribution in [2.45, 2.75) is 17.7 Å². The number of non-ortho nitro benzene ring substituents is 1. The molecule has 0 saturated carbocycles. The van der Waals surface area contributed by atoms with E-state index in [1.807, 2.05) is 0 Å². The van der Waals surface area contributed by atoms with Crippen LogP contribution in [0.15, 0.2) is 47.4 Å². The van der Waals surface area contributed by atoms with Crippen molar-refractivity contribution in [1.29, 1.82) is 0 Å². The molecule has 0 aromatic heterocycles. The van der Waals surface area contributed by atoms with E-state index in [2.05, 4.69) is 0 Å². The quantitative estimate of drug-likeness (QED) is 0.538. The third kappa shape index (κ3) is 4.76. The number of carbonyl (C=O) groups is 1. The molecule has 27 heavy (non-hydrogen) atoms. The van der Waals surface area contributed by atoms with E-state index >= 15 is 0 Å². The van der Waals surface area contributed by atoms with Gasteiger partial charge >= 0.3 is 5.97 Å².